The Hall–Kier alpha value is -2.81. The van der Waals surface area contributed by atoms with Crippen LogP contribution in [0, 0.1) is 0 Å². The van der Waals surface area contributed by atoms with Gasteiger partial charge in [-0.15, -0.1) is 0 Å². The molecule has 0 aliphatic carbocycles. The zero-order valence-electron chi connectivity index (χ0n) is 12.8. The molecule has 0 unspecified atom stereocenters. The van der Waals surface area contributed by atoms with E-state index in [9.17, 15) is 4.79 Å². The molecule has 2 aliphatic heterocycles. The molecule has 0 aromatic heterocycles. The lowest BCUT2D eigenvalue weighted by atomic mass is 9.80. The lowest BCUT2D eigenvalue weighted by Crippen LogP contribution is -2.52. The zero-order valence-corrected chi connectivity index (χ0v) is 12.8. The van der Waals surface area contributed by atoms with E-state index >= 15 is 0 Å². The summed E-state index contributed by atoms with van der Waals surface area (Å²) in [5.41, 5.74) is 1.15. The summed E-state index contributed by atoms with van der Waals surface area (Å²) in [7, 11) is 0. The summed E-state index contributed by atoms with van der Waals surface area (Å²) in [5, 5.41) is 4.20. The van der Waals surface area contributed by atoms with Crippen molar-refractivity contribution in [3.8, 4) is 0 Å². The minimum Gasteiger partial charge on any atom is -0.292 e. The van der Waals surface area contributed by atoms with E-state index in [1.165, 1.54) is 0 Å². The number of carbonyl (C=O) groups is 1. The monoisotopic (exact) mass is 302 g/mol. The minimum atomic E-state index is -0.822. The third-order valence-corrected chi connectivity index (χ3v) is 4.53. The lowest BCUT2D eigenvalue weighted by Gasteiger charge is -2.43. The molecule has 0 spiro atoms. The van der Waals surface area contributed by atoms with Crippen molar-refractivity contribution >= 4 is 5.78 Å². The van der Waals surface area contributed by atoms with Crippen LogP contribution in [0.3, 0.4) is 0 Å². The molecule has 23 heavy (non-hydrogen) atoms. The summed E-state index contributed by atoms with van der Waals surface area (Å²) in [4.78, 5) is 13.1. The van der Waals surface area contributed by atoms with Gasteiger partial charge in [0.25, 0.3) is 0 Å². The first-order valence-corrected chi connectivity index (χ1v) is 7.90. The van der Waals surface area contributed by atoms with Crippen LogP contribution in [0.1, 0.15) is 17.5 Å². The number of benzene rings is 2. The average Bonchev–Trinajstić information content (AvgIpc) is 3.24. The third-order valence-electron chi connectivity index (χ3n) is 4.53. The van der Waals surface area contributed by atoms with Gasteiger partial charge in [-0.2, -0.15) is 0 Å². The van der Waals surface area contributed by atoms with Crippen molar-refractivity contribution in [2.45, 2.75) is 12.0 Å². The molecule has 2 aromatic carbocycles. The smallest absolute Gasteiger partial charge is 0.193 e. The Morgan fingerprint density at radius 1 is 0.826 bits per heavy atom. The topological polar surface area (TPSA) is 23.6 Å². The van der Waals surface area contributed by atoms with Crippen molar-refractivity contribution in [3.63, 3.8) is 0 Å². The fourth-order valence-electron chi connectivity index (χ4n) is 3.49. The number of rotatable bonds is 3. The fourth-order valence-corrected chi connectivity index (χ4v) is 3.49. The molecule has 2 heterocycles. The van der Waals surface area contributed by atoms with Gasteiger partial charge in [0.05, 0.1) is 0 Å². The van der Waals surface area contributed by atoms with Gasteiger partial charge >= 0.3 is 0 Å². The Balaban J connectivity index is 1.94. The van der Waals surface area contributed by atoms with Gasteiger partial charge in [-0.05, 0) is 17.5 Å². The van der Waals surface area contributed by atoms with Crippen LogP contribution in [-0.4, -0.2) is 22.3 Å². The summed E-state index contributed by atoms with van der Waals surface area (Å²) in [6.45, 7) is 0.888. The Kier molecular flexibility index (Phi) is 3.27. The van der Waals surface area contributed by atoms with Crippen LogP contribution in [-0.2, 0) is 10.3 Å². The molecule has 0 radical (unpaired) electrons. The highest BCUT2D eigenvalue weighted by molar-refractivity contribution is 6.03. The average molecular weight is 302 g/mol. The first kappa shape index (κ1) is 13.8. The van der Waals surface area contributed by atoms with E-state index in [4.69, 9.17) is 0 Å². The number of ketones is 1. The maximum Gasteiger partial charge on any atom is 0.193 e. The summed E-state index contributed by atoms with van der Waals surface area (Å²) in [5.74, 6) is 0.0928. The fraction of sp³-hybridized carbons (Fsp3) is 0.150. The number of hydrazine groups is 1. The van der Waals surface area contributed by atoms with Crippen LogP contribution in [0.5, 0.6) is 0 Å². The van der Waals surface area contributed by atoms with Gasteiger partial charge in [0.2, 0.25) is 0 Å². The molecule has 0 fully saturated rings. The van der Waals surface area contributed by atoms with Gasteiger partial charge in [0.15, 0.2) is 11.3 Å². The van der Waals surface area contributed by atoms with E-state index in [1.54, 1.807) is 6.08 Å². The molecule has 3 heteroatoms. The van der Waals surface area contributed by atoms with E-state index in [-0.39, 0.29) is 5.78 Å². The number of carbonyl (C=O) groups excluding carboxylic acids is 1. The summed E-state index contributed by atoms with van der Waals surface area (Å²) in [6.07, 6.45) is 8.78. The summed E-state index contributed by atoms with van der Waals surface area (Å²) >= 11 is 0. The van der Waals surface area contributed by atoms with E-state index in [2.05, 4.69) is 22.3 Å². The van der Waals surface area contributed by atoms with Crippen molar-refractivity contribution < 1.29 is 4.79 Å². The quantitative estimate of drug-likeness (QED) is 0.867. The molecule has 0 atom stereocenters. The molecule has 2 aliphatic rings. The Morgan fingerprint density at radius 2 is 1.43 bits per heavy atom. The van der Waals surface area contributed by atoms with Crippen LogP contribution in [0.2, 0.25) is 0 Å². The molecular formula is C20H18N2O. The SMILES string of the molecule is O=C1C=CN(N2C=CCC2)C1(c1ccccc1)c1ccccc1. The Morgan fingerprint density at radius 3 is 1.96 bits per heavy atom. The predicted molar refractivity (Wildman–Crippen MR) is 90.1 cm³/mol. The van der Waals surface area contributed by atoms with Crippen LogP contribution >= 0.6 is 0 Å². The van der Waals surface area contributed by atoms with Crippen molar-refractivity contribution in [1.82, 2.24) is 10.0 Å². The van der Waals surface area contributed by atoms with Crippen molar-refractivity contribution in [3.05, 3.63) is 96.3 Å². The molecule has 0 amide bonds. The Labute approximate surface area is 136 Å². The maximum atomic E-state index is 13.1. The molecule has 4 rings (SSSR count). The van der Waals surface area contributed by atoms with Crippen LogP contribution in [0.15, 0.2) is 85.2 Å². The second kappa shape index (κ2) is 5.43. The molecular weight excluding hydrogens is 284 g/mol. The van der Waals surface area contributed by atoms with Crippen LogP contribution in [0.4, 0.5) is 0 Å². The summed E-state index contributed by atoms with van der Waals surface area (Å²) in [6, 6.07) is 20.1. The molecule has 114 valence electrons. The van der Waals surface area contributed by atoms with Crippen LogP contribution in [0.25, 0.3) is 0 Å². The highest BCUT2D eigenvalue weighted by atomic mass is 16.1. The first-order valence-electron chi connectivity index (χ1n) is 7.90. The standard InChI is InChI=1S/C20H18N2O/c23-19-13-16-22(21-14-7-8-15-21)20(19,17-9-3-1-4-10-17)18-11-5-2-6-12-18/h1-7,9-14,16H,8,15H2. The van der Waals surface area contributed by atoms with Gasteiger partial charge in [-0.1, -0.05) is 66.7 Å². The van der Waals surface area contributed by atoms with Crippen molar-refractivity contribution in [2.75, 3.05) is 6.54 Å². The molecule has 2 aromatic rings. The zero-order chi connectivity index (χ0) is 15.7. The largest absolute Gasteiger partial charge is 0.292 e. The maximum absolute atomic E-state index is 13.1. The van der Waals surface area contributed by atoms with Gasteiger partial charge in [0, 0.05) is 25.0 Å². The number of hydrogen-bond donors (Lipinski definition) is 0. The third kappa shape index (κ3) is 2.00. The van der Waals surface area contributed by atoms with Gasteiger partial charge in [-0.25, -0.2) is 0 Å². The minimum absolute atomic E-state index is 0.0928. The lowest BCUT2D eigenvalue weighted by molar-refractivity contribution is -0.126. The molecule has 3 nitrogen and oxygen atoms in total. The number of hydrogen-bond acceptors (Lipinski definition) is 3. The van der Waals surface area contributed by atoms with Crippen molar-refractivity contribution in [2.24, 2.45) is 0 Å². The highest BCUT2D eigenvalue weighted by Crippen LogP contribution is 2.42. The molecule has 0 N–H and O–H groups in total. The van der Waals surface area contributed by atoms with Crippen LogP contribution < -0.4 is 0 Å². The highest BCUT2D eigenvalue weighted by Gasteiger charge is 2.50. The van der Waals surface area contributed by atoms with Crippen molar-refractivity contribution in [1.29, 1.82) is 0 Å². The normalized spacial score (nSPS) is 18.9. The number of nitrogens with zero attached hydrogens (tertiary/aromatic N) is 2. The van der Waals surface area contributed by atoms with E-state index in [0.29, 0.717) is 0 Å². The van der Waals surface area contributed by atoms with Gasteiger partial charge < -0.3 is 0 Å². The first-order chi connectivity index (χ1) is 11.3. The molecule has 0 saturated heterocycles. The predicted octanol–water partition coefficient (Wildman–Crippen LogP) is 3.46. The summed E-state index contributed by atoms with van der Waals surface area (Å²) < 4.78 is 0. The second-order valence-corrected chi connectivity index (χ2v) is 5.80. The van der Waals surface area contributed by atoms with Gasteiger partial charge in [0.1, 0.15) is 0 Å². The Bertz CT molecular complexity index is 725. The van der Waals surface area contributed by atoms with Gasteiger partial charge in [-0.3, -0.25) is 14.8 Å². The molecule has 0 saturated carbocycles. The van der Waals surface area contributed by atoms with E-state index in [1.807, 2.05) is 66.9 Å². The van der Waals surface area contributed by atoms with E-state index < -0.39 is 5.54 Å². The second-order valence-electron chi connectivity index (χ2n) is 5.80. The molecule has 0 bridgehead atoms. The van der Waals surface area contributed by atoms with E-state index in [0.717, 1.165) is 24.1 Å².